The van der Waals surface area contributed by atoms with Crippen molar-refractivity contribution in [3.63, 3.8) is 0 Å². The van der Waals surface area contributed by atoms with E-state index in [9.17, 15) is 0 Å². The van der Waals surface area contributed by atoms with Gasteiger partial charge < -0.3 is 10.1 Å². The molecule has 0 aromatic rings. The molecule has 0 aromatic heterocycles. The summed E-state index contributed by atoms with van der Waals surface area (Å²) in [6.45, 7) is 13.2. The van der Waals surface area contributed by atoms with Gasteiger partial charge >= 0.3 is 0 Å². The van der Waals surface area contributed by atoms with Gasteiger partial charge in [0.2, 0.25) is 0 Å². The molecule has 0 amide bonds. The molecule has 3 nitrogen and oxygen atoms in total. The number of ether oxygens (including phenoxy) is 1. The van der Waals surface area contributed by atoms with Gasteiger partial charge in [-0.3, -0.25) is 4.90 Å². The second-order valence-electron chi connectivity index (χ2n) is 5.39. The molecular formula is C14H30N2O. The van der Waals surface area contributed by atoms with Crippen LogP contribution in [-0.2, 0) is 4.74 Å². The molecule has 0 aliphatic carbocycles. The van der Waals surface area contributed by atoms with Crippen molar-refractivity contribution in [2.75, 3.05) is 26.2 Å². The Morgan fingerprint density at radius 2 is 2.06 bits per heavy atom. The Bertz CT molecular complexity index is 191. The first-order chi connectivity index (χ1) is 8.16. The summed E-state index contributed by atoms with van der Waals surface area (Å²) in [5, 5.41) is 3.43. The van der Waals surface area contributed by atoms with Crippen molar-refractivity contribution in [2.45, 2.75) is 65.1 Å². The highest BCUT2D eigenvalue weighted by atomic mass is 16.5. The molecule has 17 heavy (non-hydrogen) atoms. The average molecular weight is 242 g/mol. The van der Waals surface area contributed by atoms with E-state index in [1.807, 2.05) is 0 Å². The minimum atomic E-state index is 0.354. The smallest absolute Gasteiger partial charge is 0.0852 e. The van der Waals surface area contributed by atoms with Crippen LogP contribution in [0.5, 0.6) is 0 Å². The number of unbranched alkanes of at least 4 members (excludes halogenated alkanes) is 2. The van der Waals surface area contributed by atoms with E-state index in [2.05, 4.69) is 37.9 Å². The molecule has 0 aromatic carbocycles. The van der Waals surface area contributed by atoms with Crippen LogP contribution >= 0.6 is 0 Å². The van der Waals surface area contributed by atoms with Crippen LogP contribution in [0.1, 0.15) is 47.0 Å². The first-order valence-electron chi connectivity index (χ1n) is 7.24. The molecule has 1 saturated heterocycles. The number of nitrogens with zero attached hydrogens (tertiary/aromatic N) is 1. The fraction of sp³-hybridized carbons (Fsp3) is 1.00. The number of rotatable bonds is 7. The summed E-state index contributed by atoms with van der Waals surface area (Å²) in [6.07, 6.45) is 4.29. The lowest BCUT2D eigenvalue weighted by atomic mass is 10.1. The van der Waals surface area contributed by atoms with Crippen LogP contribution in [0.3, 0.4) is 0 Å². The van der Waals surface area contributed by atoms with Gasteiger partial charge in [0.1, 0.15) is 0 Å². The molecule has 1 heterocycles. The Kier molecular flexibility index (Phi) is 7.09. The quantitative estimate of drug-likeness (QED) is 0.693. The number of morpholine rings is 1. The Labute approximate surface area is 107 Å². The van der Waals surface area contributed by atoms with Crippen molar-refractivity contribution in [3.8, 4) is 0 Å². The minimum Gasteiger partial charge on any atom is -0.374 e. The van der Waals surface area contributed by atoms with Gasteiger partial charge in [-0.1, -0.05) is 19.8 Å². The Morgan fingerprint density at radius 3 is 2.59 bits per heavy atom. The minimum absolute atomic E-state index is 0.354. The fourth-order valence-corrected chi connectivity index (χ4v) is 2.59. The van der Waals surface area contributed by atoms with E-state index >= 15 is 0 Å². The summed E-state index contributed by atoms with van der Waals surface area (Å²) in [5.41, 5.74) is 0. The molecule has 3 heteroatoms. The summed E-state index contributed by atoms with van der Waals surface area (Å²) in [4.78, 5) is 2.59. The number of nitrogens with one attached hydrogen (secondary N) is 1. The molecule has 102 valence electrons. The molecule has 0 radical (unpaired) electrons. The predicted octanol–water partition coefficient (Wildman–Crippen LogP) is 2.26. The number of hydrogen-bond donors (Lipinski definition) is 1. The van der Waals surface area contributed by atoms with Crippen molar-refractivity contribution in [1.29, 1.82) is 0 Å². The van der Waals surface area contributed by atoms with Gasteiger partial charge in [0.05, 0.1) is 12.7 Å². The van der Waals surface area contributed by atoms with Crippen LogP contribution in [0.25, 0.3) is 0 Å². The van der Waals surface area contributed by atoms with Crippen molar-refractivity contribution in [1.82, 2.24) is 10.2 Å². The van der Waals surface area contributed by atoms with Gasteiger partial charge in [0.15, 0.2) is 0 Å². The lowest BCUT2D eigenvalue weighted by Gasteiger charge is -2.39. The van der Waals surface area contributed by atoms with E-state index in [0.29, 0.717) is 18.2 Å². The van der Waals surface area contributed by atoms with E-state index in [1.54, 1.807) is 0 Å². The molecule has 2 atom stereocenters. The monoisotopic (exact) mass is 242 g/mol. The molecule has 0 bridgehead atoms. The predicted molar refractivity (Wildman–Crippen MR) is 73.4 cm³/mol. The SMILES string of the molecule is CCCCCN(C(C)C)C(C)C1CNCCO1. The third kappa shape index (κ3) is 4.94. The molecular weight excluding hydrogens is 212 g/mol. The largest absolute Gasteiger partial charge is 0.374 e. The molecule has 0 spiro atoms. The highest BCUT2D eigenvalue weighted by Gasteiger charge is 2.27. The van der Waals surface area contributed by atoms with Crippen LogP contribution in [-0.4, -0.2) is 49.3 Å². The third-order valence-corrected chi connectivity index (χ3v) is 3.70. The van der Waals surface area contributed by atoms with E-state index < -0.39 is 0 Å². The fourth-order valence-electron chi connectivity index (χ4n) is 2.59. The topological polar surface area (TPSA) is 24.5 Å². The summed E-state index contributed by atoms with van der Waals surface area (Å²) in [6, 6.07) is 1.12. The molecule has 1 rings (SSSR count). The normalized spacial score (nSPS) is 23.3. The van der Waals surface area contributed by atoms with Gasteiger partial charge in [-0.25, -0.2) is 0 Å². The second kappa shape index (κ2) is 8.06. The standard InChI is InChI=1S/C14H30N2O/c1-5-6-7-9-16(12(2)3)13(4)14-11-15-8-10-17-14/h12-15H,5-11H2,1-4H3. The zero-order chi connectivity index (χ0) is 12.7. The van der Waals surface area contributed by atoms with E-state index in [4.69, 9.17) is 4.74 Å². The van der Waals surface area contributed by atoms with Gasteiger partial charge in [-0.2, -0.15) is 0 Å². The Balaban J connectivity index is 2.43. The van der Waals surface area contributed by atoms with Gasteiger partial charge in [-0.05, 0) is 33.7 Å². The second-order valence-corrected chi connectivity index (χ2v) is 5.39. The maximum Gasteiger partial charge on any atom is 0.0852 e. The lowest BCUT2D eigenvalue weighted by Crippen LogP contribution is -2.53. The van der Waals surface area contributed by atoms with Crippen LogP contribution < -0.4 is 5.32 Å². The maximum absolute atomic E-state index is 5.87. The van der Waals surface area contributed by atoms with Crippen molar-refractivity contribution < 1.29 is 4.74 Å². The highest BCUT2D eigenvalue weighted by molar-refractivity contribution is 4.82. The summed E-state index contributed by atoms with van der Waals surface area (Å²) >= 11 is 0. The van der Waals surface area contributed by atoms with Crippen LogP contribution in [0.4, 0.5) is 0 Å². The van der Waals surface area contributed by atoms with Gasteiger partial charge in [0.25, 0.3) is 0 Å². The van der Waals surface area contributed by atoms with Crippen LogP contribution in [0.15, 0.2) is 0 Å². The molecule has 1 fully saturated rings. The van der Waals surface area contributed by atoms with Crippen LogP contribution in [0.2, 0.25) is 0 Å². The van der Waals surface area contributed by atoms with Gasteiger partial charge in [-0.15, -0.1) is 0 Å². The van der Waals surface area contributed by atoms with E-state index in [1.165, 1.54) is 25.8 Å². The Morgan fingerprint density at radius 1 is 1.29 bits per heavy atom. The zero-order valence-electron chi connectivity index (χ0n) is 12.0. The average Bonchev–Trinajstić information content (AvgIpc) is 2.34. The van der Waals surface area contributed by atoms with Crippen molar-refractivity contribution in [2.24, 2.45) is 0 Å². The molecule has 1 N–H and O–H groups in total. The first kappa shape index (κ1) is 14.9. The van der Waals surface area contributed by atoms with Gasteiger partial charge in [0, 0.05) is 25.2 Å². The Hall–Kier alpha value is -0.120. The van der Waals surface area contributed by atoms with E-state index in [0.717, 1.165) is 19.7 Å². The highest BCUT2D eigenvalue weighted by Crippen LogP contribution is 2.14. The zero-order valence-corrected chi connectivity index (χ0v) is 12.0. The molecule has 0 saturated carbocycles. The van der Waals surface area contributed by atoms with Crippen LogP contribution in [0, 0.1) is 0 Å². The maximum atomic E-state index is 5.87. The number of hydrogen-bond acceptors (Lipinski definition) is 3. The molecule has 2 unspecified atom stereocenters. The summed E-state index contributed by atoms with van der Waals surface area (Å²) in [7, 11) is 0. The van der Waals surface area contributed by atoms with Crippen molar-refractivity contribution in [3.05, 3.63) is 0 Å². The molecule has 1 aliphatic rings. The van der Waals surface area contributed by atoms with E-state index in [-0.39, 0.29) is 0 Å². The van der Waals surface area contributed by atoms with Crippen molar-refractivity contribution >= 4 is 0 Å². The first-order valence-corrected chi connectivity index (χ1v) is 7.24. The molecule has 1 aliphatic heterocycles. The summed E-state index contributed by atoms with van der Waals surface area (Å²) < 4.78 is 5.87. The third-order valence-electron chi connectivity index (χ3n) is 3.70. The lowest BCUT2D eigenvalue weighted by molar-refractivity contribution is -0.0342. The summed E-state index contributed by atoms with van der Waals surface area (Å²) in [5.74, 6) is 0.